The van der Waals surface area contributed by atoms with Crippen molar-refractivity contribution in [3.05, 3.63) is 53.7 Å². The van der Waals surface area contributed by atoms with Crippen LogP contribution in [0, 0.1) is 17.0 Å². The van der Waals surface area contributed by atoms with Crippen LogP contribution in [0.1, 0.15) is 51.0 Å². The molecule has 0 radical (unpaired) electrons. The van der Waals surface area contributed by atoms with E-state index in [-0.39, 0.29) is 0 Å². The van der Waals surface area contributed by atoms with Crippen molar-refractivity contribution < 1.29 is 8.78 Å². The van der Waals surface area contributed by atoms with Crippen molar-refractivity contribution in [3.63, 3.8) is 0 Å². The van der Waals surface area contributed by atoms with Crippen LogP contribution in [0.4, 0.5) is 8.78 Å². The summed E-state index contributed by atoms with van der Waals surface area (Å²) in [7, 11) is 0. The van der Waals surface area contributed by atoms with E-state index in [0.717, 1.165) is 12.5 Å². The molecule has 3 rings (SSSR count). The number of aryl methyl sites for hydroxylation is 1. The fraction of sp³-hybridized carbons (Fsp3) is 0.450. The van der Waals surface area contributed by atoms with Crippen molar-refractivity contribution in [2.75, 3.05) is 0 Å². The van der Waals surface area contributed by atoms with E-state index in [2.05, 4.69) is 11.9 Å². The van der Waals surface area contributed by atoms with Crippen molar-refractivity contribution in [3.8, 4) is 11.3 Å². The van der Waals surface area contributed by atoms with E-state index in [0.29, 0.717) is 16.7 Å². The number of rotatable bonds is 4. The number of nitrogens with zero attached hydrogens (tertiary/aromatic N) is 1. The molecule has 2 aromatic rings. The lowest BCUT2D eigenvalue weighted by Crippen LogP contribution is -2.20. The minimum Gasteiger partial charge on any atom is -0.256 e. The van der Waals surface area contributed by atoms with E-state index < -0.39 is 11.6 Å². The minimum atomic E-state index is -0.829. The van der Waals surface area contributed by atoms with Crippen LogP contribution in [0.5, 0.6) is 0 Å². The van der Waals surface area contributed by atoms with E-state index in [1.165, 1.54) is 50.2 Å². The molecule has 1 aromatic carbocycles. The smallest absolute Gasteiger partial charge is 0.159 e. The summed E-state index contributed by atoms with van der Waals surface area (Å²) in [5.74, 6) is -1.65. The molecule has 0 unspecified atom stereocenters. The Balaban J connectivity index is 1.73. The van der Waals surface area contributed by atoms with Crippen molar-refractivity contribution in [2.24, 2.45) is 5.41 Å². The fourth-order valence-electron chi connectivity index (χ4n) is 3.54. The maximum absolute atomic E-state index is 13.4. The molecule has 122 valence electrons. The first kappa shape index (κ1) is 16.1. The number of pyridine rings is 1. The zero-order chi connectivity index (χ0) is 16.3. The normalized spacial score (nSPS) is 17.2. The third-order valence-electron chi connectivity index (χ3n) is 5.12. The van der Waals surface area contributed by atoms with E-state index in [9.17, 15) is 8.78 Å². The molecule has 0 bridgehead atoms. The van der Waals surface area contributed by atoms with E-state index in [4.69, 9.17) is 0 Å². The minimum absolute atomic E-state index is 0.448. The highest BCUT2D eigenvalue weighted by Gasteiger charge is 2.26. The van der Waals surface area contributed by atoms with Crippen LogP contribution < -0.4 is 0 Å². The molecule has 23 heavy (non-hydrogen) atoms. The fourth-order valence-corrected chi connectivity index (χ4v) is 3.54. The Morgan fingerprint density at radius 2 is 1.78 bits per heavy atom. The van der Waals surface area contributed by atoms with Gasteiger partial charge >= 0.3 is 0 Å². The van der Waals surface area contributed by atoms with Gasteiger partial charge in [0.05, 0.1) is 5.69 Å². The standard InChI is InChI=1S/C20H23F2N/c1-20(9-3-2-4-10-20)11-7-15-8-12-23-19(13-15)16-5-6-17(21)18(22)14-16/h5-6,8,12-14H,2-4,7,9-11H2,1H3. The van der Waals surface area contributed by atoms with Crippen LogP contribution in [0.25, 0.3) is 11.3 Å². The SMILES string of the molecule is CC1(CCc2ccnc(-c3ccc(F)c(F)c3)c2)CCCCC1. The first-order chi connectivity index (χ1) is 11.1. The van der Waals surface area contributed by atoms with Crippen LogP contribution >= 0.6 is 0 Å². The van der Waals surface area contributed by atoms with Gasteiger partial charge in [-0.15, -0.1) is 0 Å². The van der Waals surface area contributed by atoms with Crippen molar-refractivity contribution in [2.45, 2.75) is 51.9 Å². The number of benzene rings is 1. The van der Waals surface area contributed by atoms with E-state index in [1.54, 1.807) is 12.3 Å². The lowest BCUT2D eigenvalue weighted by atomic mass is 9.72. The number of aromatic nitrogens is 1. The van der Waals surface area contributed by atoms with Gasteiger partial charge in [-0.1, -0.05) is 26.2 Å². The van der Waals surface area contributed by atoms with Gasteiger partial charge in [0.2, 0.25) is 0 Å². The Labute approximate surface area is 136 Å². The van der Waals surface area contributed by atoms with Gasteiger partial charge in [0.1, 0.15) is 0 Å². The van der Waals surface area contributed by atoms with Gasteiger partial charge in [-0.3, -0.25) is 4.98 Å². The van der Waals surface area contributed by atoms with Gasteiger partial charge in [0.25, 0.3) is 0 Å². The second kappa shape index (κ2) is 6.77. The Kier molecular flexibility index (Phi) is 4.74. The molecule has 0 saturated heterocycles. The summed E-state index contributed by atoms with van der Waals surface area (Å²) in [5, 5.41) is 0. The lowest BCUT2D eigenvalue weighted by molar-refractivity contribution is 0.199. The predicted molar refractivity (Wildman–Crippen MR) is 89.1 cm³/mol. The summed E-state index contributed by atoms with van der Waals surface area (Å²) in [6.45, 7) is 2.39. The second-order valence-corrected chi connectivity index (χ2v) is 7.05. The highest BCUT2D eigenvalue weighted by molar-refractivity contribution is 5.59. The van der Waals surface area contributed by atoms with Gasteiger partial charge in [0, 0.05) is 11.8 Å². The molecule has 0 amide bonds. The number of hydrogen-bond donors (Lipinski definition) is 0. The molecule has 3 heteroatoms. The van der Waals surface area contributed by atoms with Gasteiger partial charge in [-0.05, 0) is 67.0 Å². The van der Waals surface area contributed by atoms with Crippen molar-refractivity contribution in [1.29, 1.82) is 0 Å². The van der Waals surface area contributed by atoms with Crippen LogP contribution in [-0.4, -0.2) is 4.98 Å². The Bertz CT molecular complexity index is 675. The van der Waals surface area contributed by atoms with Crippen LogP contribution in [0.15, 0.2) is 36.5 Å². The Hall–Kier alpha value is -1.77. The molecule has 1 heterocycles. The summed E-state index contributed by atoms with van der Waals surface area (Å²) in [6, 6.07) is 7.97. The highest BCUT2D eigenvalue weighted by Crippen LogP contribution is 2.39. The summed E-state index contributed by atoms with van der Waals surface area (Å²) in [5.41, 5.74) is 2.99. The van der Waals surface area contributed by atoms with Gasteiger partial charge < -0.3 is 0 Å². The zero-order valence-corrected chi connectivity index (χ0v) is 13.6. The monoisotopic (exact) mass is 315 g/mol. The number of hydrogen-bond acceptors (Lipinski definition) is 1. The quantitative estimate of drug-likeness (QED) is 0.681. The van der Waals surface area contributed by atoms with E-state index >= 15 is 0 Å². The molecule has 1 aromatic heterocycles. The van der Waals surface area contributed by atoms with Crippen molar-refractivity contribution in [1.82, 2.24) is 4.98 Å². The summed E-state index contributed by atoms with van der Waals surface area (Å²) < 4.78 is 26.5. The predicted octanol–water partition coefficient (Wildman–Crippen LogP) is 5.93. The second-order valence-electron chi connectivity index (χ2n) is 7.05. The largest absolute Gasteiger partial charge is 0.256 e. The summed E-state index contributed by atoms with van der Waals surface area (Å²) in [6.07, 6.45) is 10.6. The average Bonchev–Trinajstić information content (AvgIpc) is 2.57. The zero-order valence-electron chi connectivity index (χ0n) is 13.6. The van der Waals surface area contributed by atoms with Crippen LogP contribution in [0.3, 0.4) is 0 Å². The van der Waals surface area contributed by atoms with Gasteiger partial charge in [-0.2, -0.15) is 0 Å². The molecule has 1 aliphatic carbocycles. The van der Waals surface area contributed by atoms with Crippen LogP contribution in [-0.2, 0) is 6.42 Å². The molecule has 1 aliphatic rings. The third-order valence-corrected chi connectivity index (χ3v) is 5.12. The number of halogens is 2. The van der Waals surface area contributed by atoms with E-state index in [1.807, 2.05) is 12.1 Å². The third kappa shape index (κ3) is 3.95. The summed E-state index contributed by atoms with van der Waals surface area (Å²) >= 11 is 0. The molecule has 0 atom stereocenters. The molecule has 0 spiro atoms. The molecule has 1 nitrogen and oxygen atoms in total. The maximum atomic E-state index is 13.4. The van der Waals surface area contributed by atoms with Gasteiger partial charge in [-0.25, -0.2) is 8.78 Å². The highest BCUT2D eigenvalue weighted by atomic mass is 19.2. The molecule has 1 saturated carbocycles. The summed E-state index contributed by atoms with van der Waals surface area (Å²) in [4.78, 5) is 4.30. The lowest BCUT2D eigenvalue weighted by Gasteiger charge is -2.33. The Morgan fingerprint density at radius 1 is 1.00 bits per heavy atom. The molecule has 0 aliphatic heterocycles. The maximum Gasteiger partial charge on any atom is 0.159 e. The molecule has 1 fully saturated rings. The van der Waals surface area contributed by atoms with Crippen molar-refractivity contribution >= 4 is 0 Å². The first-order valence-corrected chi connectivity index (χ1v) is 8.46. The Morgan fingerprint density at radius 3 is 2.52 bits per heavy atom. The topological polar surface area (TPSA) is 12.9 Å². The average molecular weight is 315 g/mol. The van der Waals surface area contributed by atoms with Crippen LogP contribution in [0.2, 0.25) is 0 Å². The molecular weight excluding hydrogens is 292 g/mol. The molecular formula is C20H23F2N. The molecule has 0 N–H and O–H groups in total. The first-order valence-electron chi connectivity index (χ1n) is 8.46. The van der Waals surface area contributed by atoms with Gasteiger partial charge in [0.15, 0.2) is 11.6 Å².